The van der Waals surface area contributed by atoms with Gasteiger partial charge in [0.05, 0.1) is 13.9 Å². The first kappa shape index (κ1) is 10.0. The second-order valence-electron chi connectivity index (χ2n) is 3.87. The second-order valence-corrected chi connectivity index (χ2v) is 3.87. The quantitative estimate of drug-likeness (QED) is 0.607. The van der Waals surface area contributed by atoms with Crippen LogP contribution in [0.4, 0.5) is 0 Å². The highest BCUT2D eigenvalue weighted by Crippen LogP contribution is 2.23. The number of carbonyl (C=O) groups is 2. The van der Waals surface area contributed by atoms with Gasteiger partial charge in [-0.2, -0.15) is 0 Å². The summed E-state index contributed by atoms with van der Waals surface area (Å²) in [4.78, 5) is 29.4. The van der Waals surface area contributed by atoms with Crippen molar-refractivity contribution < 1.29 is 17.2 Å². The molecule has 0 aliphatic carbocycles. The summed E-state index contributed by atoms with van der Waals surface area (Å²) < 4.78 is 15.3. The molecule has 0 bridgehead atoms. The molecule has 0 N–H and O–H groups in total. The maximum Gasteiger partial charge on any atom is 0.285 e. The van der Waals surface area contributed by atoms with Gasteiger partial charge >= 0.3 is 0 Å². The molecule has 18 heavy (non-hydrogen) atoms. The molecule has 2 rings (SSSR count). The van der Waals surface area contributed by atoms with Gasteiger partial charge in [-0.25, -0.2) is 0 Å². The monoisotopic (exact) mass is 247 g/mol. The Morgan fingerprint density at radius 2 is 1.89 bits per heavy atom. The second kappa shape index (κ2) is 5.14. The van der Waals surface area contributed by atoms with Gasteiger partial charge in [0.25, 0.3) is 11.8 Å². The summed E-state index contributed by atoms with van der Waals surface area (Å²) in [5.41, 5.74) is 0.587. The molecule has 1 aliphatic rings. The molecule has 2 amide bonds. The van der Waals surface area contributed by atoms with E-state index in [0.29, 0.717) is 22.6 Å². The van der Waals surface area contributed by atoms with Gasteiger partial charge in [0.15, 0.2) is 0 Å². The first-order valence-corrected chi connectivity index (χ1v) is 5.78. The molecule has 1 aromatic rings. The van der Waals surface area contributed by atoms with Crippen LogP contribution in [0.3, 0.4) is 0 Å². The molecule has 1 atom stereocenters. The summed E-state index contributed by atoms with van der Waals surface area (Å²) in [6, 6.07) is 6.54. The fourth-order valence-electron chi connectivity index (χ4n) is 1.69. The third-order valence-electron chi connectivity index (χ3n) is 2.50. The number of rotatable bonds is 4. The zero-order valence-corrected chi connectivity index (χ0v) is 10.3. The number of benzene rings is 1. The third-order valence-corrected chi connectivity index (χ3v) is 2.50. The molecule has 0 saturated carbocycles. The van der Waals surface area contributed by atoms with Crippen molar-refractivity contribution in [2.24, 2.45) is 0 Å². The van der Waals surface area contributed by atoms with Crippen LogP contribution in [-0.2, 0) is 4.84 Å². The van der Waals surface area contributed by atoms with Crippen LogP contribution in [0.1, 0.15) is 43.7 Å². The van der Waals surface area contributed by atoms with E-state index in [0.717, 1.165) is 0 Å². The predicted molar refractivity (Wildman–Crippen MR) is 66.9 cm³/mol. The van der Waals surface area contributed by atoms with Crippen LogP contribution in [0.2, 0.25) is 0 Å². The zero-order valence-electron chi connectivity index (χ0n) is 12.3. The van der Waals surface area contributed by atoms with Crippen LogP contribution in [-0.4, -0.2) is 23.0 Å². The average molecular weight is 247 g/mol. The number of hydroxylamine groups is 2. The van der Waals surface area contributed by atoms with Crippen molar-refractivity contribution in [2.75, 3.05) is 0 Å². The van der Waals surface area contributed by atoms with E-state index in [1.54, 1.807) is 31.2 Å². The minimum Gasteiger partial charge on any atom is -0.266 e. The van der Waals surface area contributed by atoms with Gasteiger partial charge < -0.3 is 0 Å². The Labute approximate surface area is 109 Å². The smallest absolute Gasteiger partial charge is 0.266 e. The number of imide groups is 1. The molecule has 1 heterocycles. The van der Waals surface area contributed by atoms with Gasteiger partial charge in [-0.15, -0.1) is 5.06 Å². The lowest BCUT2D eigenvalue weighted by atomic mass is 10.1. The fraction of sp³-hybridized carbons (Fsp3) is 0.286. The van der Waals surface area contributed by atoms with E-state index in [-0.39, 0.29) is 12.1 Å². The number of carbonyl (C=O) groups excluding carboxylic acids is 2. The predicted octanol–water partition coefficient (Wildman–Crippen LogP) is 2.57. The summed E-state index contributed by atoms with van der Waals surface area (Å²) in [6.07, 6.45) is -0.432. The van der Waals surface area contributed by atoms with Crippen LogP contribution in [0, 0.1) is 0 Å². The maximum absolute atomic E-state index is 12.1. The number of nitrogens with zero attached hydrogens (tertiary/aromatic N) is 1. The largest absolute Gasteiger partial charge is 0.285 e. The van der Waals surface area contributed by atoms with Crippen LogP contribution in [0.25, 0.3) is 0 Å². The molecule has 4 heteroatoms. The molecule has 0 saturated heterocycles. The molecule has 1 aromatic carbocycles. The minimum atomic E-state index is -0.829. The highest BCUT2D eigenvalue weighted by Gasteiger charge is 2.37. The molecule has 94 valence electrons. The van der Waals surface area contributed by atoms with Gasteiger partial charge in [-0.3, -0.25) is 14.4 Å². The maximum atomic E-state index is 12.1. The van der Waals surface area contributed by atoms with Gasteiger partial charge in [0, 0.05) is 0 Å². The topological polar surface area (TPSA) is 46.6 Å². The molecule has 1 aliphatic heterocycles. The molecular formula is C14H15NO3. The lowest BCUT2D eigenvalue weighted by Gasteiger charge is -2.16. The number of amides is 2. The average Bonchev–Trinajstić information content (AvgIpc) is 2.71. The van der Waals surface area contributed by atoms with Crippen LogP contribution < -0.4 is 0 Å². The van der Waals surface area contributed by atoms with Crippen molar-refractivity contribution in [2.45, 2.75) is 26.4 Å². The van der Waals surface area contributed by atoms with Crippen molar-refractivity contribution in [1.29, 1.82) is 0 Å². The molecule has 1 unspecified atom stereocenters. The molecule has 0 radical (unpaired) electrons. The first-order chi connectivity index (χ1) is 9.47. The number of hydrogen-bond acceptors (Lipinski definition) is 3. The Morgan fingerprint density at radius 1 is 1.33 bits per heavy atom. The van der Waals surface area contributed by atoms with E-state index in [2.05, 4.69) is 0 Å². The molecule has 0 spiro atoms. The normalized spacial score (nSPS) is 19.1. The van der Waals surface area contributed by atoms with Crippen molar-refractivity contribution >= 4 is 11.8 Å². The number of fused-ring (bicyclic) bond motifs is 1. The van der Waals surface area contributed by atoms with E-state index in [4.69, 9.17) is 7.58 Å². The zero-order chi connectivity index (χ0) is 14.9. The first-order valence-electron chi connectivity index (χ1n) is 6.78. The standard InChI is InChI=1S/C14H15NO3/c1-3-4-7-10(2)18-15-13(16)11-8-5-6-9-12(11)14(15)17/h4-10H,3H2,1-2H3/b7-4+/i4D,7D. The van der Waals surface area contributed by atoms with E-state index < -0.39 is 17.9 Å². The summed E-state index contributed by atoms with van der Waals surface area (Å²) in [5, 5.41) is 0.673. The van der Waals surface area contributed by atoms with Crippen LogP contribution in [0.5, 0.6) is 0 Å². The summed E-state index contributed by atoms with van der Waals surface area (Å²) in [5.74, 6) is -1.07. The van der Waals surface area contributed by atoms with E-state index >= 15 is 0 Å². The Kier molecular flexibility index (Phi) is 2.86. The third kappa shape index (κ3) is 2.19. The molecule has 4 nitrogen and oxygen atoms in total. The van der Waals surface area contributed by atoms with Crippen LogP contribution in [0.15, 0.2) is 36.4 Å². The Morgan fingerprint density at radius 3 is 2.39 bits per heavy atom. The lowest BCUT2D eigenvalue weighted by molar-refractivity contribution is -0.111. The molecule has 0 aromatic heterocycles. The van der Waals surface area contributed by atoms with E-state index in [9.17, 15) is 9.59 Å². The van der Waals surface area contributed by atoms with Crippen molar-refractivity contribution in [3.63, 3.8) is 0 Å². The number of hydrogen-bond donors (Lipinski definition) is 0. The highest BCUT2D eigenvalue weighted by atomic mass is 16.7. The van der Waals surface area contributed by atoms with Gasteiger partial charge in [-0.05, 0) is 25.5 Å². The Bertz CT molecular complexity index is 563. The van der Waals surface area contributed by atoms with Crippen molar-refractivity contribution in [1.82, 2.24) is 5.06 Å². The van der Waals surface area contributed by atoms with Crippen molar-refractivity contribution in [3.8, 4) is 0 Å². The summed E-state index contributed by atoms with van der Waals surface area (Å²) in [7, 11) is 0. The number of allylic oxidation sites excluding steroid dienone is 1. The minimum absolute atomic E-state index is 0.0379. The highest BCUT2D eigenvalue weighted by molar-refractivity contribution is 6.20. The van der Waals surface area contributed by atoms with E-state index in [1.165, 1.54) is 6.92 Å². The van der Waals surface area contributed by atoms with Gasteiger partial charge in [-0.1, -0.05) is 31.2 Å². The van der Waals surface area contributed by atoms with Gasteiger partial charge in [0.2, 0.25) is 0 Å². The van der Waals surface area contributed by atoms with Gasteiger partial charge in [0.1, 0.15) is 6.10 Å². The molecule has 0 fully saturated rings. The lowest BCUT2D eigenvalue weighted by Crippen LogP contribution is -2.32. The fourth-order valence-corrected chi connectivity index (χ4v) is 1.69. The Hall–Kier alpha value is -1.94. The van der Waals surface area contributed by atoms with Crippen LogP contribution >= 0.6 is 0 Å². The van der Waals surface area contributed by atoms with Crippen molar-refractivity contribution in [3.05, 3.63) is 47.5 Å². The summed E-state index contributed by atoms with van der Waals surface area (Å²) in [6.45, 7) is 3.29. The SMILES string of the molecule is [2H]/C(CC)=C(/[2H])C(C)ON1C(=O)c2ccccc2C1=O. The summed E-state index contributed by atoms with van der Waals surface area (Å²) >= 11 is 0. The molecular weight excluding hydrogens is 230 g/mol. The van der Waals surface area contributed by atoms with E-state index in [1.807, 2.05) is 0 Å². The Balaban J connectivity index is 2.21.